The van der Waals surface area contributed by atoms with Gasteiger partial charge in [-0.25, -0.2) is 4.98 Å². The normalized spacial score (nSPS) is 10.6. The van der Waals surface area contributed by atoms with E-state index >= 15 is 0 Å². The van der Waals surface area contributed by atoms with Crippen molar-refractivity contribution in [3.8, 4) is 17.0 Å². The zero-order chi connectivity index (χ0) is 18.5. The van der Waals surface area contributed by atoms with Gasteiger partial charge in [0.05, 0.1) is 24.4 Å². The Kier molecular flexibility index (Phi) is 5.88. The molecule has 0 spiro atoms. The predicted molar refractivity (Wildman–Crippen MR) is 104 cm³/mol. The second kappa shape index (κ2) is 8.31. The van der Waals surface area contributed by atoms with Crippen LogP contribution >= 0.6 is 22.9 Å². The van der Waals surface area contributed by atoms with Gasteiger partial charge in [-0.05, 0) is 35.9 Å². The van der Waals surface area contributed by atoms with E-state index in [9.17, 15) is 4.79 Å². The van der Waals surface area contributed by atoms with Gasteiger partial charge >= 0.3 is 0 Å². The van der Waals surface area contributed by atoms with Crippen molar-refractivity contribution in [1.29, 1.82) is 0 Å². The summed E-state index contributed by atoms with van der Waals surface area (Å²) in [7, 11) is 3.20. The molecule has 7 heteroatoms. The van der Waals surface area contributed by atoms with Gasteiger partial charge in [0.2, 0.25) is 0 Å². The van der Waals surface area contributed by atoms with Gasteiger partial charge in [0.1, 0.15) is 5.75 Å². The van der Waals surface area contributed by atoms with E-state index in [2.05, 4.69) is 10.3 Å². The van der Waals surface area contributed by atoms with E-state index in [1.54, 1.807) is 38.5 Å². The number of aromatic nitrogens is 1. The molecule has 0 aliphatic heterocycles. The molecule has 0 atom stereocenters. The molecule has 0 bridgehead atoms. The van der Waals surface area contributed by atoms with Crippen molar-refractivity contribution in [1.82, 2.24) is 4.98 Å². The minimum atomic E-state index is -0.206. The van der Waals surface area contributed by atoms with E-state index in [0.29, 0.717) is 28.1 Å². The minimum absolute atomic E-state index is 0.206. The van der Waals surface area contributed by atoms with Crippen LogP contribution in [0.15, 0.2) is 47.8 Å². The van der Waals surface area contributed by atoms with Crippen LogP contribution in [0.5, 0.6) is 5.75 Å². The maximum Gasteiger partial charge on any atom is 0.257 e. The number of nitrogens with zero attached hydrogens (tertiary/aromatic N) is 1. The van der Waals surface area contributed by atoms with Crippen molar-refractivity contribution in [2.24, 2.45) is 0 Å². The summed E-state index contributed by atoms with van der Waals surface area (Å²) < 4.78 is 10.2. The van der Waals surface area contributed by atoms with Crippen LogP contribution in [-0.4, -0.2) is 25.1 Å². The topological polar surface area (TPSA) is 60.5 Å². The van der Waals surface area contributed by atoms with Crippen molar-refractivity contribution in [2.45, 2.75) is 6.61 Å². The highest BCUT2D eigenvalue weighted by atomic mass is 35.5. The summed E-state index contributed by atoms with van der Waals surface area (Å²) in [5.74, 6) is 0.402. The lowest BCUT2D eigenvalue weighted by Gasteiger charge is -2.05. The third-order valence-electron chi connectivity index (χ3n) is 3.70. The van der Waals surface area contributed by atoms with E-state index in [4.69, 9.17) is 21.1 Å². The van der Waals surface area contributed by atoms with Crippen molar-refractivity contribution in [3.05, 3.63) is 64.0 Å². The Balaban J connectivity index is 1.71. The van der Waals surface area contributed by atoms with Crippen LogP contribution < -0.4 is 10.1 Å². The Bertz CT molecular complexity index is 909. The van der Waals surface area contributed by atoms with Gasteiger partial charge in [0.15, 0.2) is 5.13 Å². The first-order valence-electron chi connectivity index (χ1n) is 7.79. The van der Waals surface area contributed by atoms with E-state index in [1.165, 1.54) is 11.3 Å². The predicted octanol–water partition coefficient (Wildman–Crippen LogP) is 4.87. The zero-order valence-electron chi connectivity index (χ0n) is 14.3. The Hall–Kier alpha value is -2.41. The van der Waals surface area contributed by atoms with Gasteiger partial charge < -0.3 is 9.47 Å². The summed E-state index contributed by atoms with van der Waals surface area (Å²) in [6, 6.07) is 12.7. The quantitative estimate of drug-likeness (QED) is 0.654. The fourth-order valence-corrected chi connectivity index (χ4v) is 3.35. The highest BCUT2D eigenvalue weighted by Gasteiger charge is 2.11. The maximum atomic E-state index is 12.4. The number of methoxy groups -OCH3 is 2. The number of halogens is 1. The first-order chi connectivity index (χ1) is 12.6. The molecule has 0 aliphatic carbocycles. The lowest BCUT2D eigenvalue weighted by Crippen LogP contribution is -2.11. The fraction of sp³-hybridized carbons (Fsp3) is 0.158. The van der Waals surface area contributed by atoms with Crippen LogP contribution in [0.2, 0.25) is 5.02 Å². The van der Waals surface area contributed by atoms with Gasteiger partial charge in [-0.2, -0.15) is 0 Å². The average Bonchev–Trinajstić information content (AvgIpc) is 3.11. The number of nitrogens with one attached hydrogen (secondary N) is 1. The molecule has 1 amide bonds. The third-order valence-corrected chi connectivity index (χ3v) is 4.75. The SMILES string of the molecule is COCc1ccc(C(=O)Nc2nc(-c3ccc(OC)c(Cl)c3)cs2)cc1. The highest BCUT2D eigenvalue weighted by molar-refractivity contribution is 7.14. The van der Waals surface area contributed by atoms with Gasteiger partial charge in [-0.3, -0.25) is 10.1 Å². The molecular weight excluding hydrogens is 372 g/mol. The Labute approximate surface area is 160 Å². The van der Waals surface area contributed by atoms with Gasteiger partial charge in [-0.15, -0.1) is 11.3 Å². The van der Waals surface area contributed by atoms with Crippen LogP contribution in [0.1, 0.15) is 15.9 Å². The molecule has 3 aromatic rings. The standard InChI is InChI=1S/C19H17ClN2O3S/c1-24-10-12-3-5-13(6-4-12)18(23)22-19-21-16(11-26-19)14-7-8-17(25-2)15(20)9-14/h3-9,11H,10H2,1-2H3,(H,21,22,23). The molecule has 3 rings (SSSR count). The Morgan fingerprint density at radius 2 is 1.96 bits per heavy atom. The molecule has 1 N–H and O–H groups in total. The lowest BCUT2D eigenvalue weighted by molar-refractivity contribution is 0.102. The van der Waals surface area contributed by atoms with Crippen molar-refractivity contribution >= 4 is 34.0 Å². The summed E-state index contributed by atoms with van der Waals surface area (Å²) in [6.45, 7) is 0.516. The molecule has 1 aromatic heterocycles. The summed E-state index contributed by atoms with van der Waals surface area (Å²) in [5, 5.41) is 5.73. The average molecular weight is 389 g/mol. The highest BCUT2D eigenvalue weighted by Crippen LogP contribution is 2.31. The van der Waals surface area contributed by atoms with Gasteiger partial charge in [-0.1, -0.05) is 23.7 Å². The molecule has 2 aromatic carbocycles. The van der Waals surface area contributed by atoms with Crippen molar-refractivity contribution in [3.63, 3.8) is 0 Å². The first-order valence-corrected chi connectivity index (χ1v) is 9.05. The molecule has 0 unspecified atom stereocenters. The Morgan fingerprint density at radius 3 is 2.62 bits per heavy atom. The number of ether oxygens (including phenoxy) is 2. The molecule has 0 fully saturated rings. The number of thiazole rings is 1. The molecule has 0 saturated heterocycles. The zero-order valence-corrected chi connectivity index (χ0v) is 15.9. The molecule has 0 aliphatic rings. The lowest BCUT2D eigenvalue weighted by atomic mass is 10.1. The fourth-order valence-electron chi connectivity index (χ4n) is 2.38. The summed E-state index contributed by atoms with van der Waals surface area (Å²) >= 11 is 7.51. The largest absolute Gasteiger partial charge is 0.495 e. The van der Waals surface area contributed by atoms with Gasteiger partial charge in [0, 0.05) is 23.6 Å². The molecular formula is C19H17ClN2O3S. The number of carbonyl (C=O) groups is 1. The second-order valence-corrected chi connectivity index (χ2v) is 6.74. The number of rotatable bonds is 6. The summed E-state index contributed by atoms with van der Waals surface area (Å²) in [6.07, 6.45) is 0. The third kappa shape index (κ3) is 4.22. The van der Waals surface area contributed by atoms with Crippen LogP contribution in [-0.2, 0) is 11.3 Å². The number of amides is 1. The van der Waals surface area contributed by atoms with Crippen molar-refractivity contribution < 1.29 is 14.3 Å². The number of anilines is 1. The molecule has 5 nitrogen and oxygen atoms in total. The molecule has 26 heavy (non-hydrogen) atoms. The van der Waals surface area contributed by atoms with E-state index in [0.717, 1.165) is 16.8 Å². The van der Waals surface area contributed by atoms with E-state index < -0.39 is 0 Å². The number of hydrogen-bond donors (Lipinski definition) is 1. The second-order valence-electron chi connectivity index (χ2n) is 5.47. The molecule has 134 valence electrons. The Morgan fingerprint density at radius 1 is 1.19 bits per heavy atom. The van der Waals surface area contributed by atoms with Crippen LogP contribution in [0.25, 0.3) is 11.3 Å². The van der Waals surface area contributed by atoms with E-state index in [1.807, 2.05) is 23.6 Å². The smallest absolute Gasteiger partial charge is 0.257 e. The van der Waals surface area contributed by atoms with Crippen molar-refractivity contribution in [2.75, 3.05) is 19.5 Å². The van der Waals surface area contributed by atoms with Crippen LogP contribution in [0, 0.1) is 0 Å². The monoisotopic (exact) mass is 388 g/mol. The van der Waals surface area contributed by atoms with Gasteiger partial charge in [0.25, 0.3) is 5.91 Å². The first kappa shape index (κ1) is 18.4. The molecule has 0 radical (unpaired) electrons. The summed E-state index contributed by atoms with van der Waals surface area (Å²) in [5.41, 5.74) is 3.17. The molecule has 1 heterocycles. The number of carbonyl (C=O) groups excluding carboxylic acids is 1. The summed E-state index contributed by atoms with van der Waals surface area (Å²) in [4.78, 5) is 16.8. The van der Waals surface area contributed by atoms with E-state index in [-0.39, 0.29) is 5.91 Å². The molecule has 0 saturated carbocycles. The van der Waals surface area contributed by atoms with Crippen LogP contribution in [0.3, 0.4) is 0 Å². The van der Waals surface area contributed by atoms with Crippen LogP contribution in [0.4, 0.5) is 5.13 Å². The maximum absolute atomic E-state index is 12.4. The number of hydrogen-bond acceptors (Lipinski definition) is 5. The number of benzene rings is 2. The minimum Gasteiger partial charge on any atom is -0.495 e.